The number of hydrogen-bond donors (Lipinski definition) is 2. The highest BCUT2D eigenvalue weighted by atomic mass is 16.4. The molecule has 5 heteroatoms. The largest absolute Gasteiger partial charge is 0.480 e. The fourth-order valence-electron chi connectivity index (χ4n) is 3.19. The predicted octanol–water partition coefficient (Wildman–Crippen LogP) is 2.21. The molecular formula is C16H18N2O3. The van der Waals surface area contributed by atoms with Gasteiger partial charge in [-0.3, -0.25) is 14.5 Å². The molecular weight excluding hydrogens is 268 g/mol. The highest BCUT2D eigenvalue weighted by Crippen LogP contribution is 2.24. The maximum absolute atomic E-state index is 12.6. The molecule has 0 aliphatic carbocycles. The highest BCUT2D eigenvalue weighted by Gasteiger charge is 2.32. The van der Waals surface area contributed by atoms with Gasteiger partial charge in [-0.25, -0.2) is 0 Å². The minimum atomic E-state index is -0.837. The Labute approximate surface area is 122 Å². The molecule has 1 fully saturated rings. The molecule has 1 aliphatic rings. The number of para-hydroxylation sites is 1. The molecule has 1 aromatic carbocycles. The van der Waals surface area contributed by atoms with Crippen molar-refractivity contribution in [3.8, 4) is 0 Å². The molecule has 2 N–H and O–H groups in total. The first-order chi connectivity index (χ1) is 10.1. The zero-order chi connectivity index (χ0) is 15.0. The molecule has 1 saturated heterocycles. The number of carboxylic acid groups (broad SMARTS) is 1. The molecule has 0 bridgehead atoms. The van der Waals surface area contributed by atoms with Crippen LogP contribution in [0.4, 0.5) is 0 Å². The normalized spacial score (nSPS) is 19.2. The summed E-state index contributed by atoms with van der Waals surface area (Å²) in [5.74, 6) is -0.853. The van der Waals surface area contributed by atoms with Crippen LogP contribution in [0.3, 0.4) is 0 Å². The van der Waals surface area contributed by atoms with Crippen LogP contribution in [-0.4, -0.2) is 45.9 Å². The molecule has 1 aliphatic heterocycles. The third-order valence-corrected chi connectivity index (χ3v) is 4.17. The van der Waals surface area contributed by atoms with E-state index < -0.39 is 12.0 Å². The van der Waals surface area contributed by atoms with Gasteiger partial charge in [0.25, 0.3) is 0 Å². The number of aliphatic carboxylic acids is 1. The second-order valence-corrected chi connectivity index (χ2v) is 5.56. The number of nitrogens with zero attached hydrogens (tertiary/aromatic N) is 1. The Kier molecular flexibility index (Phi) is 3.51. The van der Waals surface area contributed by atoms with E-state index in [-0.39, 0.29) is 12.3 Å². The summed E-state index contributed by atoms with van der Waals surface area (Å²) in [6.45, 7) is 2.72. The fourth-order valence-corrected chi connectivity index (χ4v) is 3.19. The van der Waals surface area contributed by atoms with E-state index in [0.717, 1.165) is 23.0 Å². The number of fused-ring (bicyclic) bond motifs is 1. The van der Waals surface area contributed by atoms with Gasteiger partial charge in [0.2, 0.25) is 0 Å². The number of rotatable bonds is 4. The average molecular weight is 286 g/mol. The monoisotopic (exact) mass is 286 g/mol. The van der Waals surface area contributed by atoms with Crippen LogP contribution in [0.2, 0.25) is 0 Å². The number of likely N-dealkylation sites (tertiary alicyclic amines) is 1. The molecule has 1 atom stereocenters. The van der Waals surface area contributed by atoms with Gasteiger partial charge in [0.1, 0.15) is 6.04 Å². The molecule has 1 aromatic heterocycles. The second-order valence-electron chi connectivity index (χ2n) is 5.56. The number of hydrogen-bond acceptors (Lipinski definition) is 3. The number of carbonyl (C=O) groups is 2. The molecule has 0 amide bonds. The first-order valence-electron chi connectivity index (χ1n) is 7.15. The second kappa shape index (κ2) is 5.33. The number of aromatic nitrogens is 1. The molecule has 2 heterocycles. The molecule has 110 valence electrons. The van der Waals surface area contributed by atoms with Gasteiger partial charge in [-0.2, -0.15) is 0 Å². The van der Waals surface area contributed by atoms with Crippen LogP contribution in [0.15, 0.2) is 24.3 Å². The third-order valence-electron chi connectivity index (χ3n) is 4.17. The van der Waals surface area contributed by atoms with E-state index in [4.69, 9.17) is 0 Å². The third kappa shape index (κ3) is 2.45. The van der Waals surface area contributed by atoms with Crippen molar-refractivity contribution in [1.29, 1.82) is 0 Å². The molecule has 3 rings (SSSR count). The number of carboxylic acids is 1. The fraction of sp³-hybridized carbons (Fsp3) is 0.375. The summed E-state index contributed by atoms with van der Waals surface area (Å²) in [4.78, 5) is 28.8. The van der Waals surface area contributed by atoms with Crippen LogP contribution in [-0.2, 0) is 4.79 Å². The number of carbonyl (C=O) groups excluding carboxylic acids is 1. The van der Waals surface area contributed by atoms with Gasteiger partial charge in [-0.15, -0.1) is 0 Å². The number of aryl methyl sites for hydroxylation is 1. The van der Waals surface area contributed by atoms with E-state index in [0.29, 0.717) is 18.5 Å². The average Bonchev–Trinajstić information content (AvgIpc) is 3.01. The smallest absolute Gasteiger partial charge is 0.320 e. The SMILES string of the molecule is Cc1[nH]c2ccccc2c1C(=O)CN1CCC[C@H]1C(=O)O. The van der Waals surface area contributed by atoms with Crippen LogP contribution < -0.4 is 0 Å². The number of benzene rings is 1. The first-order valence-corrected chi connectivity index (χ1v) is 7.15. The minimum Gasteiger partial charge on any atom is -0.480 e. The topological polar surface area (TPSA) is 73.4 Å². The number of nitrogens with one attached hydrogen (secondary N) is 1. The molecule has 21 heavy (non-hydrogen) atoms. The Morgan fingerprint density at radius 3 is 2.90 bits per heavy atom. The summed E-state index contributed by atoms with van der Waals surface area (Å²) in [7, 11) is 0. The Bertz CT molecular complexity index is 705. The van der Waals surface area contributed by atoms with E-state index in [1.165, 1.54) is 0 Å². The van der Waals surface area contributed by atoms with Gasteiger partial charge in [0.15, 0.2) is 5.78 Å². The van der Waals surface area contributed by atoms with Gasteiger partial charge < -0.3 is 10.1 Å². The Morgan fingerprint density at radius 2 is 2.14 bits per heavy atom. The van der Waals surface area contributed by atoms with Crippen molar-refractivity contribution in [3.63, 3.8) is 0 Å². The van der Waals surface area contributed by atoms with Gasteiger partial charge in [0.05, 0.1) is 6.54 Å². The summed E-state index contributed by atoms with van der Waals surface area (Å²) in [6, 6.07) is 7.16. The molecule has 2 aromatic rings. The van der Waals surface area contributed by atoms with Crippen LogP contribution >= 0.6 is 0 Å². The molecule has 0 saturated carbocycles. The Balaban J connectivity index is 1.87. The zero-order valence-electron chi connectivity index (χ0n) is 11.9. The first kappa shape index (κ1) is 13.8. The van der Waals surface area contributed by atoms with Gasteiger partial charge >= 0.3 is 5.97 Å². The van der Waals surface area contributed by atoms with Crippen LogP contribution in [0, 0.1) is 6.92 Å². The Hall–Kier alpha value is -2.14. The molecule has 5 nitrogen and oxygen atoms in total. The summed E-state index contributed by atoms with van der Waals surface area (Å²) in [6.07, 6.45) is 1.45. The highest BCUT2D eigenvalue weighted by molar-refractivity contribution is 6.10. The van der Waals surface area contributed by atoms with Crippen molar-refractivity contribution in [2.24, 2.45) is 0 Å². The van der Waals surface area contributed by atoms with Crippen LogP contribution in [0.1, 0.15) is 28.9 Å². The summed E-state index contributed by atoms with van der Waals surface area (Å²) in [5.41, 5.74) is 2.46. The maximum atomic E-state index is 12.6. The van der Waals surface area contributed by atoms with E-state index in [2.05, 4.69) is 4.98 Å². The summed E-state index contributed by atoms with van der Waals surface area (Å²) < 4.78 is 0. The van der Waals surface area contributed by atoms with Crippen molar-refractivity contribution in [1.82, 2.24) is 9.88 Å². The van der Waals surface area contributed by atoms with Gasteiger partial charge in [0, 0.05) is 22.2 Å². The lowest BCUT2D eigenvalue weighted by atomic mass is 10.1. The molecule has 0 unspecified atom stereocenters. The summed E-state index contributed by atoms with van der Waals surface area (Å²) >= 11 is 0. The van der Waals surface area contributed by atoms with Crippen LogP contribution in [0.25, 0.3) is 10.9 Å². The van der Waals surface area contributed by atoms with Gasteiger partial charge in [-0.05, 0) is 32.4 Å². The minimum absolute atomic E-state index is 0.0156. The van der Waals surface area contributed by atoms with E-state index in [1.807, 2.05) is 31.2 Å². The predicted molar refractivity (Wildman–Crippen MR) is 79.6 cm³/mol. The summed E-state index contributed by atoms with van der Waals surface area (Å²) in [5, 5.41) is 10.1. The van der Waals surface area contributed by atoms with Crippen molar-refractivity contribution in [2.75, 3.05) is 13.1 Å². The maximum Gasteiger partial charge on any atom is 0.320 e. The Morgan fingerprint density at radius 1 is 1.38 bits per heavy atom. The standard InChI is InChI=1S/C16H18N2O3/c1-10-15(11-5-2-3-6-12(11)17-10)14(19)9-18-8-4-7-13(18)16(20)21/h2-3,5-6,13,17H,4,7-9H2,1H3,(H,20,21)/t13-/m0/s1. The van der Waals surface area contributed by atoms with Crippen LogP contribution in [0.5, 0.6) is 0 Å². The number of ketones is 1. The lowest BCUT2D eigenvalue weighted by Gasteiger charge is -2.20. The van der Waals surface area contributed by atoms with Crippen molar-refractivity contribution < 1.29 is 14.7 Å². The van der Waals surface area contributed by atoms with Crippen molar-refractivity contribution >= 4 is 22.7 Å². The van der Waals surface area contributed by atoms with Gasteiger partial charge in [-0.1, -0.05) is 18.2 Å². The number of H-pyrrole nitrogens is 1. The van der Waals surface area contributed by atoms with Crippen molar-refractivity contribution in [2.45, 2.75) is 25.8 Å². The van der Waals surface area contributed by atoms with E-state index in [1.54, 1.807) is 4.90 Å². The molecule has 0 spiro atoms. The number of aromatic amines is 1. The lowest BCUT2D eigenvalue weighted by Crippen LogP contribution is -2.39. The zero-order valence-corrected chi connectivity index (χ0v) is 11.9. The van der Waals surface area contributed by atoms with Crippen molar-refractivity contribution in [3.05, 3.63) is 35.5 Å². The lowest BCUT2D eigenvalue weighted by molar-refractivity contribution is -0.141. The number of Topliss-reactive ketones (excluding diaryl/α,β-unsaturated/α-hetero) is 1. The van der Waals surface area contributed by atoms with E-state index in [9.17, 15) is 14.7 Å². The van der Waals surface area contributed by atoms with E-state index >= 15 is 0 Å². The molecule has 0 radical (unpaired) electrons. The quantitative estimate of drug-likeness (QED) is 0.845.